The van der Waals surface area contributed by atoms with E-state index in [4.69, 9.17) is 4.74 Å². The molecule has 0 unspecified atom stereocenters. The molecule has 21 heavy (non-hydrogen) atoms. The van der Waals surface area contributed by atoms with Crippen molar-refractivity contribution in [3.63, 3.8) is 0 Å². The molecular formula is C16H27N3O2. The van der Waals surface area contributed by atoms with E-state index in [-0.39, 0.29) is 6.09 Å². The zero-order valence-corrected chi connectivity index (χ0v) is 14.0. The lowest BCUT2D eigenvalue weighted by Crippen LogP contribution is -2.37. The second-order valence-electron chi connectivity index (χ2n) is 6.72. The second kappa shape index (κ2) is 6.78. The number of amides is 1. The highest BCUT2D eigenvalue weighted by Gasteiger charge is 2.22. The molecule has 1 rings (SSSR count). The van der Waals surface area contributed by atoms with Gasteiger partial charge in [0.25, 0.3) is 0 Å². The first-order chi connectivity index (χ1) is 9.58. The summed E-state index contributed by atoms with van der Waals surface area (Å²) in [7, 11) is 0. The van der Waals surface area contributed by atoms with Crippen LogP contribution in [-0.2, 0) is 11.3 Å². The van der Waals surface area contributed by atoms with Crippen LogP contribution in [0.2, 0.25) is 0 Å². The molecule has 0 aliphatic heterocycles. The van der Waals surface area contributed by atoms with Crippen molar-refractivity contribution < 1.29 is 9.53 Å². The minimum atomic E-state index is -0.507. The highest BCUT2D eigenvalue weighted by atomic mass is 16.6. The van der Waals surface area contributed by atoms with Crippen LogP contribution in [0, 0.1) is 0 Å². The Morgan fingerprint density at radius 2 is 2.10 bits per heavy atom. The van der Waals surface area contributed by atoms with Gasteiger partial charge >= 0.3 is 6.09 Å². The van der Waals surface area contributed by atoms with Gasteiger partial charge in [-0.25, -0.2) is 4.79 Å². The molecule has 1 aromatic heterocycles. The fourth-order valence-corrected chi connectivity index (χ4v) is 1.80. The topological polar surface area (TPSA) is 47.4 Å². The third-order valence-corrected chi connectivity index (χ3v) is 2.67. The molecule has 0 fully saturated rings. The van der Waals surface area contributed by atoms with Crippen LogP contribution in [0.3, 0.4) is 0 Å². The van der Waals surface area contributed by atoms with E-state index < -0.39 is 5.60 Å². The van der Waals surface area contributed by atoms with Crippen LogP contribution in [0.4, 0.5) is 4.79 Å². The van der Waals surface area contributed by atoms with Gasteiger partial charge in [0.1, 0.15) is 5.60 Å². The summed E-state index contributed by atoms with van der Waals surface area (Å²) in [5.41, 5.74) is 1.39. The zero-order valence-electron chi connectivity index (χ0n) is 14.0. The van der Waals surface area contributed by atoms with Crippen molar-refractivity contribution >= 4 is 6.09 Å². The molecule has 0 aliphatic carbocycles. The molecule has 118 valence electrons. The van der Waals surface area contributed by atoms with Gasteiger partial charge in [0.05, 0.1) is 12.7 Å². The molecule has 0 N–H and O–H groups in total. The molecule has 0 bridgehead atoms. The monoisotopic (exact) mass is 293 g/mol. The van der Waals surface area contributed by atoms with E-state index in [1.807, 2.05) is 38.6 Å². The normalized spacial score (nSPS) is 11.6. The largest absolute Gasteiger partial charge is 0.444 e. The van der Waals surface area contributed by atoms with E-state index in [0.29, 0.717) is 19.1 Å². The molecule has 0 radical (unpaired) electrons. The van der Waals surface area contributed by atoms with Crippen LogP contribution >= 0.6 is 0 Å². The predicted molar refractivity (Wildman–Crippen MR) is 84.1 cm³/mol. The van der Waals surface area contributed by atoms with E-state index in [1.165, 1.54) is 0 Å². The summed E-state index contributed by atoms with van der Waals surface area (Å²) in [5.74, 6) is 0. The van der Waals surface area contributed by atoms with Gasteiger partial charge in [0, 0.05) is 24.3 Å². The Hall–Kier alpha value is -1.78. The van der Waals surface area contributed by atoms with E-state index in [1.54, 1.807) is 11.1 Å². The number of hydrogen-bond donors (Lipinski definition) is 0. The predicted octanol–water partition coefficient (Wildman–Crippen LogP) is 3.78. The average Bonchev–Trinajstić information content (AvgIpc) is 2.73. The summed E-state index contributed by atoms with van der Waals surface area (Å²) in [5, 5.41) is 4.30. The van der Waals surface area contributed by atoms with Crippen molar-refractivity contribution in [1.82, 2.24) is 14.7 Å². The minimum Gasteiger partial charge on any atom is -0.444 e. The quantitative estimate of drug-likeness (QED) is 0.776. The minimum absolute atomic E-state index is 0.301. The average molecular weight is 293 g/mol. The maximum absolute atomic E-state index is 12.3. The fraction of sp³-hybridized carbons (Fsp3) is 0.625. The Labute approximate surface area is 127 Å². The van der Waals surface area contributed by atoms with Gasteiger partial charge in [-0.15, -0.1) is 0 Å². The van der Waals surface area contributed by atoms with Crippen molar-refractivity contribution in [2.45, 2.75) is 59.7 Å². The van der Waals surface area contributed by atoms with Crippen molar-refractivity contribution in [2.24, 2.45) is 0 Å². The van der Waals surface area contributed by atoms with Crippen LogP contribution in [-0.4, -0.2) is 32.9 Å². The standard InChI is InChI=1S/C16H27N3O2/c1-12(2)9-18(15(20)21-16(5,6)7)10-14-8-17-19(11-14)13(3)4/h8,11,13H,1,9-10H2,2-7H3. The maximum Gasteiger partial charge on any atom is 0.410 e. The summed E-state index contributed by atoms with van der Waals surface area (Å²) in [4.78, 5) is 13.9. The third kappa shape index (κ3) is 6.02. The second-order valence-corrected chi connectivity index (χ2v) is 6.72. The Kier molecular flexibility index (Phi) is 5.58. The summed E-state index contributed by atoms with van der Waals surface area (Å²) in [6.07, 6.45) is 3.42. The first-order valence-electron chi connectivity index (χ1n) is 7.24. The van der Waals surface area contributed by atoms with Gasteiger partial charge in [0.15, 0.2) is 0 Å². The van der Waals surface area contributed by atoms with Crippen LogP contribution in [0.15, 0.2) is 24.5 Å². The zero-order chi connectivity index (χ0) is 16.2. The van der Waals surface area contributed by atoms with E-state index in [0.717, 1.165) is 11.1 Å². The fourth-order valence-electron chi connectivity index (χ4n) is 1.80. The summed E-state index contributed by atoms with van der Waals surface area (Å²) >= 11 is 0. The molecule has 0 saturated heterocycles. The Balaban J connectivity index is 2.82. The Bertz CT molecular complexity index is 498. The molecule has 5 heteroatoms. The molecular weight excluding hydrogens is 266 g/mol. The van der Waals surface area contributed by atoms with E-state index in [9.17, 15) is 4.79 Å². The van der Waals surface area contributed by atoms with Crippen molar-refractivity contribution in [3.8, 4) is 0 Å². The summed E-state index contributed by atoms with van der Waals surface area (Å²) < 4.78 is 7.32. The highest BCUT2D eigenvalue weighted by molar-refractivity contribution is 5.68. The molecule has 5 nitrogen and oxygen atoms in total. The summed E-state index contributed by atoms with van der Waals surface area (Å²) in [6, 6.07) is 0.301. The van der Waals surface area contributed by atoms with Gasteiger partial charge in [-0.3, -0.25) is 9.58 Å². The molecule has 0 aromatic carbocycles. The maximum atomic E-state index is 12.3. The number of nitrogens with zero attached hydrogens (tertiary/aromatic N) is 3. The third-order valence-electron chi connectivity index (χ3n) is 2.67. The molecule has 1 heterocycles. The lowest BCUT2D eigenvalue weighted by molar-refractivity contribution is 0.0252. The van der Waals surface area contributed by atoms with Crippen LogP contribution in [0.1, 0.15) is 53.1 Å². The number of hydrogen-bond acceptors (Lipinski definition) is 3. The number of aromatic nitrogens is 2. The van der Waals surface area contributed by atoms with Gasteiger partial charge in [0.2, 0.25) is 0 Å². The van der Waals surface area contributed by atoms with E-state index >= 15 is 0 Å². The van der Waals surface area contributed by atoms with Gasteiger partial charge in [-0.1, -0.05) is 12.2 Å². The van der Waals surface area contributed by atoms with Crippen molar-refractivity contribution in [2.75, 3.05) is 6.54 Å². The van der Waals surface area contributed by atoms with Crippen molar-refractivity contribution in [3.05, 3.63) is 30.1 Å². The molecule has 0 aliphatic rings. The molecule has 0 spiro atoms. The Morgan fingerprint density at radius 3 is 2.52 bits per heavy atom. The Morgan fingerprint density at radius 1 is 1.48 bits per heavy atom. The lowest BCUT2D eigenvalue weighted by atomic mass is 10.2. The smallest absolute Gasteiger partial charge is 0.410 e. The first kappa shape index (κ1) is 17.3. The number of carbonyl (C=O) groups is 1. The van der Waals surface area contributed by atoms with Crippen LogP contribution < -0.4 is 0 Å². The lowest BCUT2D eigenvalue weighted by Gasteiger charge is -2.27. The van der Waals surface area contributed by atoms with Gasteiger partial charge < -0.3 is 4.74 Å². The molecule has 1 amide bonds. The summed E-state index contributed by atoms with van der Waals surface area (Å²) in [6.45, 7) is 16.4. The first-order valence-corrected chi connectivity index (χ1v) is 7.24. The number of ether oxygens (including phenoxy) is 1. The van der Waals surface area contributed by atoms with Crippen molar-refractivity contribution in [1.29, 1.82) is 0 Å². The van der Waals surface area contributed by atoms with Crippen LogP contribution in [0.25, 0.3) is 0 Å². The number of carbonyl (C=O) groups excluding carboxylic acids is 1. The SMILES string of the molecule is C=C(C)CN(Cc1cnn(C(C)C)c1)C(=O)OC(C)(C)C. The number of rotatable bonds is 5. The van der Waals surface area contributed by atoms with Gasteiger partial charge in [-0.05, 0) is 41.5 Å². The highest BCUT2D eigenvalue weighted by Crippen LogP contribution is 2.14. The molecule has 1 aromatic rings. The molecule has 0 atom stereocenters. The molecule has 0 saturated carbocycles. The van der Waals surface area contributed by atoms with Gasteiger partial charge in [-0.2, -0.15) is 5.10 Å². The van der Waals surface area contributed by atoms with E-state index in [2.05, 4.69) is 25.5 Å². The van der Waals surface area contributed by atoms with Crippen LogP contribution in [0.5, 0.6) is 0 Å².